The van der Waals surface area contributed by atoms with Crippen LogP contribution in [-0.2, 0) is 21.2 Å². The van der Waals surface area contributed by atoms with E-state index in [4.69, 9.17) is 0 Å². The highest BCUT2D eigenvalue weighted by atomic mass is 32.2. The number of fused-ring (bicyclic) bond motifs is 1. The van der Waals surface area contributed by atoms with Crippen molar-refractivity contribution in [3.05, 3.63) is 29.6 Å². The topological polar surface area (TPSA) is 78.5 Å². The molecule has 8 heteroatoms. The number of anilines is 1. The highest BCUT2D eigenvalue weighted by Gasteiger charge is 2.40. The molecule has 1 aromatic carbocycles. The van der Waals surface area contributed by atoms with Crippen molar-refractivity contribution in [1.29, 1.82) is 0 Å². The van der Waals surface area contributed by atoms with E-state index >= 15 is 0 Å². The van der Waals surface area contributed by atoms with Crippen molar-refractivity contribution in [2.45, 2.75) is 51.0 Å². The zero-order valence-corrected chi connectivity index (χ0v) is 16.1. The summed E-state index contributed by atoms with van der Waals surface area (Å²) in [6.45, 7) is 0.325. The second kappa shape index (κ2) is 7.39. The van der Waals surface area contributed by atoms with Crippen LogP contribution in [0.3, 0.4) is 0 Å². The summed E-state index contributed by atoms with van der Waals surface area (Å²) in [7, 11) is -3.45. The summed E-state index contributed by atoms with van der Waals surface area (Å²) in [6, 6.07) is 4.80. The van der Waals surface area contributed by atoms with Gasteiger partial charge in [-0.25, -0.2) is 18.2 Å². The van der Waals surface area contributed by atoms with Crippen molar-refractivity contribution >= 4 is 21.6 Å². The molecule has 0 aromatic heterocycles. The lowest BCUT2D eigenvalue weighted by Gasteiger charge is -2.41. The minimum Gasteiger partial charge on any atom is -0.291 e. The fourth-order valence-corrected chi connectivity index (χ4v) is 6.36. The van der Waals surface area contributed by atoms with Crippen LogP contribution in [-0.4, -0.2) is 32.7 Å². The molecule has 2 heterocycles. The zero-order valence-electron chi connectivity index (χ0n) is 15.3. The lowest BCUT2D eigenvalue weighted by molar-refractivity contribution is -0.133. The summed E-state index contributed by atoms with van der Waals surface area (Å²) in [5, 5.41) is 0. The van der Waals surface area contributed by atoms with E-state index in [0.717, 1.165) is 37.7 Å². The largest absolute Gasteiger partial charge is 0.291 e. The molecule has 2 N–H and O–H groups in total. The van der Waals surface area contributed by atoms with Crippen LogP contribution in [0.1, 0.15) is 44.1 Å². The van der Waals surface area contributed by atoms with E-state index in [1.54, 1.807) is 12.1 Å². The van der Waals surface area contributed by atoms with Gasteiger partial charge in [-0.3, -0.25) is 14.5 Å². The maximum atomic E-state index is 14.4. The Morgan fingerprint density at radius 2 is 1.96 bits per heavy atom. The molecule has 6 nitrogen and oxygen atoms in total. The first kappa shape index (κ1) is 18.7. The lowest BCUT2D eigenvalue weighted by Crippen LogP contribution is -2.60. The third-order valence-corrected chi connectivity index (χ3v) is 7.99. The van der Waals surface area contributed by atoms with Gasteiger partial charge in [0, 0.05) is 18.5 Å². The average Bonchev–Trinajstić information content (AvgIpc) is 2.66. The summed E-state index contributed by atoms with van der Waals surface area (Å²) in [5.74, 6) is -0.0802. The van der Waals surface area contributed by atoms with Gasteiger partial charge >= 0.3 is 0 Å². The van der Waals surface area contributed by atoms with Crippen LogP contribution in [0.2, 0.25) is 0 Å². The minimum absolute atomic E-state index is 0.0346. The fraction of sp³-hybridized carbons (Fsp3) is 0.632. The maximum absolute atomic E-state index is 14.4. The molecule has 1 aliphatic carbocycles. The Balaban J connectivity index is 1.57. The van der Waals surface area contributed by atoms with Gasteiger partial charge in [-0.05, 0) is 55.7 Å². The minimum atomic E-state index is -3.45. The Morgan fingerprint density at radius 3 is 2.78 bits per heavy atom. The number of benzene rings is 1. The number of amides is 1. The monoisotopic (exact) mass is 395 g/mol. The Hall–Kier alpha value is -1.67. The molecule has 0 radical (unpaired) electrons. The van der Waals surface area contributed by atoms with Gasteiger partial charge in [0.05, 0.1) is 11.4 Å². The number of hydrogen-bond acceptors (Lipinski definition) is 4. The second-order valence-electron chi connectivity index (χ2n) is 7.88. The molecule has 2 aliphatic heterocycles. The number of carbonyl (C=O) groups excluding carboxylic acids is 1. The van der Waals surface area contributed by atoms with Gasteiger partial charge < -0.3 is 0 Å². The maximum Gasteiger partial charge on any atom is 0.237 e. The van der Waals surface area contributed by atoms with Crippen LogP contribution in [0.25, 0.3) is 0 Å². The van der Waals surface area contributed by atoms with Gasteiger partial charge in [0.25, 0.3) is 0 Å². The Kier molecular flexibility index (Phi) is 5.11. The summed E-state index contributed by atoms with van der Waals surface area (Å²) in [6.07, 6.45) is 6.10. The molecule has 0 spiro atoms. The molecule has 148 valence electrons. The Bertz CT molecular complexity index is 829. The summed E-state index contributed by atoms with van der Waals surface area (Å²) in [4.78, 5) is 12.1. The Morgan fingerprint density at radius 1 is 1.15 bits per heavy atom. The number of hydrazine groups is 1. The number of sulfonamides is 1. The first-order chi connectivity index (χ1) is 13.0. The molecule has 27 heavy (non-hydrogen) atoms. The van der Waals surface area contributed by atoms with E-state index in [1.165, 1.54) is 10.4 Å². The van der Waals surface area contributed by atoms with Crippen molar-refractivity contribution in [2.24, 2.45) is 11.8 Å². The third kappa shape index (κ3) is 3.69. The molecule has 0 bridgehead atoms. The van der Waals surface area contributed by atoms with Crippen LogP contribution in [0.5, 0.6) is 0 Å². The van der Waals surface area contributed by atoms with Crippen molar-refractivity contribution in [3.8, 4) is 0 Å². The second-order valence-corrected chi connectivity index (χ2v) is 9.89. The molecule has 3 fully saturated rings. The SMILES string of the molecule is O=C1NNC(Cc2ccc(F)c(N3CCCCS3(=O)=O)c2)C2CCCCC12. The molecule has 2 saturated heterocycles. The predicted molar refractivity (Wildman–Crippen MR) is 101 cm³/mol. The van der Waals surface area contributed by atoms with Crippen molar-refractivity contribution in [2.75, 3.05) is 16.6 Å². The normalized spacial score (nSPS) is 30.5. The van der Waals surface area contributed by atoms with Crippen LogP contribution in [0, 0.1) is 17.7 Å². The average molecular weight is 396 g/mol. The van der Waals surface area contributed by atoms with E-state index in [1.807, 2.05) is 0 Å². The zero-order chi connectivity index (χ0) is 19.0. The molecule has 4 rings (SSSR count). The van der Waals surface area contributed by atoms with Crippen LogP contribution in [0.15, 0.2) is 18.2 Å². The molecule has 3 aliphatic rings. The molecule has 3 unspecified atom stereocenters. The van der Waals surface area contributed by atoms with Gasteiger partial charge in [0.15, 0.2) is 0 Å². The summed E-state index contributed by atoms with van der Waals surface area (Å²) in [5.41, 5.74) is 6.93. The smallest absolute Gasteiger partial charge is 0.237 e. The van der Waals surface area contributed by atoms with Gasteiger partial charge in [0.2, 0.25) is 15.9 Å². The quantitative estimate of drug-likeness (QED) is 0.822. The molecule has 3 atom stereocenters. The first-order valence-corrected chi connectivity index (χ1v) is 11.4. The highest BCUT2D eigenvalue weighted by Crippen LogP contribution is 2.36. The van der Waals surface area contributed by atoms with E-state index in [-0.39, 0.29) is 35.2 Å². The predicted octanol–water partition coefficient (Wildman–Crippen LogP) is 2.11. The standard InChI is InChI=1S/C19H26FN3O3S/c20-16-8-7-13(12-18(16)23-9-3-4-10-27(23,25)26)11-17-14-5-1-2-6-15(14)19(24)22-21-17/h7-8,12,14-15,17,21H,1-6,9-11H2,(H,22,24). The van der Waals surface area contributed by atoms with Gasteiger partial charge in [-0.2, -0.15) is 0 Å². The number of hydrogen-bond donors (Lipinski definition) is 2. The van der Waals surface area contributed by atoms with Crippen molar-refractivity contribution < 1.29 is 17.6 Å². The van der Waals surface area contributed by atoms with E-state index < -0.39 is 15.8 Å². The van der Waals surface area contributed by atoms with Gasteiger partial charge in [-0.1, -0.05) is 18.9 Å². The van der Waals surface area contributed by atoms with Crippen molar-refractivity contribution in [3.63, 3.8) is 0 Å². The number of halogens is 1. The Labute approximate surface area is 159 Å². The summed E-state index contributed by atoms with van der Waals surface area (Å²) >= 11 is 0. The van der Waals surface area contributed by atoms with Crippen LogP contribution < -0.4 is 15.2 Å². The molecule has 1 amide bonds. The van der Waals surface area contributed by atoms with E-state index in [0.29, 0.717) is 19.4 Å². The highest BCUT2D eigenvalue weighted by molar-refractivity contribution is 7.92. The number of nitrogens with zero attached hydrogens (tertiary/aromatic N) is 1. The molecule has 1 aromatic rings. The first-order valence-electron chi connectivity index (χ1n) is 9.80. The number of rotatable bonds is 3. The van der Waals surface area contributed by atoms with Crippen molar-refractivity contribution in [1.82, 2.24) is 10.9 Å². The lowest BCUT2D eigenvalue weighted by atomic mass is 9.72. The van der Waals surface area contributed by atoms with Gasteiger partial charge in [0.1, 0.15) is 5.82 Å². The van der Waals surface area contributed by atoms with E-state index in [2.05, 4.69) is 10.9 Å². The van der Waals surface area contributed by atoms with Crippen LogP contribution >= 0.6 is 0 Å². The number of carbonyl (C=O) groups is 1. The molecular weight excluding hydrogens is 369 g/mol. The van der Waals surface area contributed by atoms with Crippen LogP contribution in [0.4, 0.5) is 10.1 Å². The summed E-state index contributed by atoms with van der Waals surface area (Å²) < 4.78 is 40.4. The molecule has 1 saturated carbocycles. The van der Waals surface area contributed by atoms with Gasteiger partial charge in [-0.15, -0.1) is 0 Å². The fourth-order valence-electron chi connectivity index (χ4n) is 4.72. The third-order valence-electron chi connectivity index (χ3n) is 6.14. The number of nitrogens with one attached hydrogen (secondary N) is 2. The molecular formula is C19H26FN3O3S. The van der Waals surface area contributed by atoms with E-state index in [9.17, 15) is 17.6 Å².